The SMILES string of the molecule is CC(=O)N[C@H]1[C@H](Oc2ccc(C[C@@H](c3ccc(OC(F)F)c(OC4CC4)c3)c3cnc(C(O)(C(F)(F)F)C(F)(F)F)s3)cn2)O[C@H](COC(C)=O)[C@@H](O)[C@@H]1O. The smallest absolute Gasteiger partial charge is 0.433 e. The lowest BCUT2D eigenvalue weighted by molar-refractivity contribution is -0.376. The highest BCUT2D eigenvalue weighted by molar-refractivity contribution is 7.11. The highest BCUT2D eigenvalue weighted by Gasteiger charge is 2.73. The number of thiazole rings is 1. The van der Waals surface area contributed by atoms with Crippen molar-refractivity contribution in [3.8, 4) is 17.4 Å². The Kier molecular flexibility index (Phi) is 12.4. The number of aromatic nitrogens is 2. The molecule has 1 amide bonds. The van der Waals surface area contributed by atoms with Gasteiger partial charge in [0.15, 0.2) is 11.5 Å². The second kappa shape index (κ2) is 16.4. The Labute approximate surface area is 310 Å². The maximum absolute atomic E-state index is 13.7. The molecule has 1 aliphatic carbocycles. The Morgan fingerprint density at radius 1 is 0.964 bits per heavy atom. The first-order valence-electron chi connectivity index (χ1n) is 16.3. The summed E-state index contributed by atoms with van der Waals surface area (Å²) in [5.41, 5.74) is -4.83. The number of ether oxygens (including phenoxy) is 5. The van der Waals surface area contributed by atoms with Gasteiger partial charge in [0.25, 0.3) is 0 Å². The molecule has 5 rings (SSSR count). The molecule has 3 heterocycles. The Morgan fingerprint density at radius 3 is 2.22 bits per heavy atom. The van der Waals surface area contributed by atoms with Crippen LogP contribution in [0.1, 0.15) is 53.6 Å². The first-order chi connectivity index (χ1) is 25.7. The predicted octanol–water partition coefficient (Wildman–Crippen LogP) is 4.26. The zero-order chi connectivity index (χ0) is 40.5. The van der Waals surface area contributed by atoms with Gasteiger partial charge in [0.05, 0.1) is 6.10 Å². The van der Waals surface area contributed by atoms with Gasteiger partial charge in [0.1, 0.15) is 36.0 Å². The van der Waals surface area contributed by atoms with Crippen molar-refractivity contribution in [3.63, 3.8) is 0 Å². The van der Waals surface area contributed by atoms with Crippen LogP contribution in [0.2, 0.25) is 0 Å². The molecule has 1 aromatic carbocycles. The highest BCUT2D eigenvalue weighted by atomic mass is 32.1. The lowest BCUT2D eigenvalue weighted by atomic mass is 9.91. The molecule has 4 N–H and O–H groups in total. The van der Waals surface area contributed by atoms with E-state index in [1.165, 1.54) is 30.5 Å². The molecule has 1 saturated heterocycles. The standard InChI is InChI=1S/C33H33F8N3O10S/c1-14(45)44-25-27(48)26(47)22(13-50-15(2)46)52-28(25)54-24-8-3-16(11-42-24)9-19(17-4-7-20(53-30(34)35)21(10-17)51-18-5-6-18)23-12-43-29(55-23)31(49,32(36,37)38)33(39,40)41/h3-4,7-8,10-12,18-19,22,25-28,30,47-49H,5-6,9,13H2,1-2H3,(H,44,45)/t19-,22+,25+,26+,27+,28-/m0/s1. The van der Waals surface area contributed by atoms with Crippen LogP contribution < -0.4 is 19.5 Å². The Bertz CT molecular complexity index is 1790. The maximum atomic E-state index is 13.7. The summed E-state index contributed by atoms with van der Waals surface area (Å²) in [6.07, 6.45) is -15.9. The molecule has 3 aromatic rings. The molecule has 22 heteroatoms. The molecule has 302 valence electrons. The molecule has 55 heavy (non-hydrogen) atoms. The second-order valence-corrected chi connectivity index (χ2v) is 13.7. The van der Waals surface area contributed by atoms with Crippen LogP contribution in [0.5, 0.6) is 17.4 Å². The van der Waals surface area contributed by atoms with Crippen molar-refractivity contribution in [1.82, 2.24) is 15.3 Å². The molecule has 1 aliphatic heterocycles. The van der Waals surface area contributed by atoms with Crippen LogP contribution in [0.4, 0.5) is 35.1 Å². The monoisotopic (exact) mass is 815 g/mol. The summed E-state index contributed by atoms with van der Waals surface area (Å²) in [6, 6.07) is 4.99. The van der Waals surface area contributed by atoms with E-state index in [2.05, 4.69) is 20.0 Å². The topological polar surface area (TPSA) is 179 Å². The Balaban J connectivity index is 1.47. The number of nitrogens with one attached hydrogen (secondary N) is 1. The normalized spacial score (nSPS) is 22.5. The van der Waals surface area contributed by atoms with Crippen LogP contribution in [0.3, 0.4) is 0 Å². The first kappa shape index (κ1) is 41.8. The number of alkyl halides is 8. The molecule has 0 bridgehead atoms. The largest absolute Gasteiger partial charge is 0.487 e. The molecule has 13 nitrogen and oxygen atoms in total. The maximum Gasteiger partial charge on any atom is 0.433 e. The fourth-order valence-electron chi connectivity index (χ4n) is 5.51. The summed E-state index contributed by atoms with van der Waals surface area (Å²) in [6.45, 7) is -1.50. The molecule has 6 atom stereocenters. The van der Waals surface area contributed by atoms with E-state index in [0.29, 0.717) is 18.4 Å². The van der Waals surface area contributed by atoms with Crippen molar-refractivity contribution in [1.29, 1.82) is 0 Å². The van der Waals surface area contributed by atoms with Gasteiger partial charge < -0.3 is 44.3 Å². The number of aliphatic hydroxyl groups excluding tert-OH is 2. The number of aliphatic hydroxyl groups is 3. The van der Waals surface area contributed by atoms with E-state index in [-0.39, 0.29) is 51.7 Å². The summed E-state index contributed by atoms with van der Waals surface area (Å²) >= 11 is -0.0644. The molecule has 1 saturated carbocycles. The van der Waals surface area contributed by atoms with Crippen molar-refractivity contribution in [3.05, 3.63) is 63.7 Å². The third-order valence-electron chi connectivity index (χ3n) is 8.40. The molecule has 0 radical (unpaired) electrons. The average molecular weight is 816 g/mol. The van der Waals surface area contributed by atoms with Crippen molar-refractivity contribution < 1.29 is 83.7 Å². The van der Waals surface area contributed by atoms with E-state index in [9.17, 15) is 60.0 Å². The molecule has 2 aliphatic rings. The van der Waals surface area contributed by atoms with E-state index in [4.69, 9.17) is 18.9 Å². The van der Waals surface area contributed by atoms with Gasteiger partial charge >= 0.3 is 30.5 Å². The number of hydrogen-bond donors (Lipinski definition) is 4. The van der Waals surface area contributed by atoms with Crippen LogP contribution in [-0.4, -0.2) is 99.5 Å². The van der Waals surface area contributed by atoms with Crippen molar-refractivity contribution in [2.75, 3.05) is 6.61 Å². The molecule has 2 fully saturated rings. The minimum Gasteiger partial charge on any atom is -0.487 e. The fourth-order valence-corrected chi connectivity index (χ4v) is 6.68. The summed E-state index contributed by atoms with van der Waals surface area (Å²) < 4.78 is 135. The van der Waals surface area contributed by atoms with Crippen LogP contribution in [0, 0.1) is 0 Å². The number of esters is 1. The lowest BCUT2D eigenvalue weighted by Gasteiger charge is -2.42. The molecular formula is C33H33F8N3O10S. The molecule has 2 aromatic heterocycles. The number of amides is 1. The average Bonchev–Trinajstić information content (AvgIpc) is 3.77. The third kappa shape index (κ3) is 9.72. The van der Waals surface area contributed by atoms with Crippen molar-refractivity contribution in [2.45, 2.75) is 100 Å². The highest BCUT2D eigenvalue weighted by Crippen LogP contribution is 2.52. The quantitative estimate of drug-likeness (QED) is 0.135. The van der Waals surface area contributed by atoms with E-state index in [1.54, 1.807) is 0 Å². The van der Waals surface area contributed by atoms with Gasteiger partial charge in [-0.15, -0.1) is 11.3 Å². The summed E-state index contributed by atoms with van der Waals surface area (Å²) in [5, 5.41) is 31.9. The number of carbonyl (C=O) groups is 2. The van der Waals surface area contributed by atoms with Crippen molar-refractivity contribution in [2.24, 2.45) is 0 Å². The Morgan fingerprint density at radius 2 is 1.65 bits per heavy atom. The van der Waals surface area contributed by atoms with Gasteiger partial charge in [-0.1, -0.05) is 12.1 Å². The van der Waals surface area contributed by atoms with E-state index < -0.39 is 84.6 Å². The summed E-state index contributed by atoms with van der Waals surface area (Å²) in [5.74, 6) is -3.16. The van der Waals surface area contributed by atoms with E-state index >= 15 is 0 Å². The van der Waals surface area contributed by atoms with Crippen LogP contribution >= 0.6 is 11.3 Å². The number of carbonyl (C=O) groups excluding carboxylic acids is 2. The summed E-state index contributed by atoms with van der Waals surface area (Å²) in [4.78, 5) is 30.5. The van der Waals surface area contributed by atoms with Gasteiger partial charge in [-0.3, -0.25) is 9.59 Å². The zero-order valence-electron chi connectivity index (χ0n) is 28.5. The van der Waals surface area contributed by atoms with E-state index in [1.807, 2.05) is 0 Å². The van der Waals surface area contributed by atoms with Gasteiger partial charge in [-0.05, 0) is 42.5 Å². The number of pyridine rings is 1. The number of nitrogens with zero attached hydrogens (tertiary/aromatic N) is 2. The second-order valence-electron chi connectivity index (χ2n) is 12.6. The van der Waals surface area contributed by atoms with Crippen LogP contribution in [0.25, 0.3) is 0 Å². The minimum absolute atomic E-state index is 0.0644. The number of hydrogen-bond acceptors (Lipinski definition) is 13. The van der Waals surface area contributed by atoms with Gasteiger partial charge in [-0.25, -0.2) is 9.97 Å². The molecular weight excluding hydrogens is 782 g/mol. The fraction of sp³-hybridized carbons (Fsp3) is 0.515. The lowest BCUT2D eigenvalue weighted by Crippen LogP contribution is -2.65. The van der Waals surface area contributed by atoms with Crippen LogP contribution in [0.15, 0.2) is 42.7 Å². The number of benzene rings is 1. The first-order valence-corrected chi connectivity index (χ1v) is 17.1. The van der Waals surface area contributed by atoms with Gasteiger partial charge in [0.2, 0.25) is 18.1 Å². The van der Waals surface area contributed by atoms with E-state index in [0.717, 1.165) is 26.1 Å². The number of rotatable bonds is 14. The predicted molar refractivity (Wildman–Crippen MR) is 170 cm³/mol. The number of halogens is 8. The minimum atomic E-state index is -6.20. The Hall–Kier alpha value is -4.38. The zero-order valence-corrected chi connectivity index (χ0v) is 29.3. The van der Waals surface area contributed by atoms with Gasteiger partial charge in [0, 0.05) is 43.1 Å². The van der Waals surface area contributed by atoms with Crippen molar-refractivity contribution >= 4 is 23.2 Å². The molecule has 0 spiro atoms. The molecule has 0 unspecified atom stereocenters. The summed E-state index contributed by atoms with van der Waals surface area (Å²) in [7, 11) is 0. The van der Waals surface area contributed by atoms with Crippen LogP contribution in [-0.2, 0) is 31.1 Å². The van der Waals surface area contributed by atoms with Gasteiger partial charge in [-0.2, -0.15) is 35.1 Å². The third-order valence-corrected chi connectivity index (χ3v) is 9.62.